The highest BCUT2D eigenvalue weighted by Crippen LogP contribution is 2.25. The zero-order chi connectivity index (χ0) is 13.7. The molecular formula is C13H19N5. The summed E-state index contributed by atoms with van der Waals surface area (Å²) in [5, 5.41) is 12.2. The standard InChI is InChI=1S/C11H15N3.C2H4N2/c1-7(2)8-6-14(3)9-4-5-10(12)13-11(8)9;3-1-2-4/h4-7H,1-3H3,(H2,12,13);1-4H. The lowest BCUT2D eigenvalue weighted by Crippen LogP contribution is -1.91. The van der Waals surface area contributed by atoms with Gasteiger partial charge in [-0.25, -0.2) is 4.98 Å². The third kappa shape index (κ3) is 2.94. The fourth-order valence-corrected chi connectivity index (χ4v) is 1.73. The van der Waals surface area contributed by atoms with Crippen LogP contribution in [0.2, 0.25) is 0 Å². The van der Waals surface area contributed by atoms with Crippen molar-refractivity contribution < 1.29 is 0 Å². The molecule has 4 N–H and O–H groups in total. The summed E-state index contributed by atoms with van der Waals surface area (Å²) in [5.41, 5.74) is 9.11. The first-order chi connectivity index (χ1) is 8.51. The highest BCUT2D eigenvalue weighted by atomic mass is 15.0. The van der Waals surface area contributed by atoms with Gasteiger partial charge in [-0.3, -0.25) is 0 Å². The van der Waals surface area contributed by atoms with E-state index in [4.69, 9.17) is 16.6 Å². The number of nitrogen functional groups attached to an aromatic ring is 1. The van der Waals surface area contributed by atoms with Crippen LogP contribution in [-0.2, 0) is 7.05 Å². The normalized spacial score (nSPS) is 10.0. The van der Waals surface area contributed by atoms with E-state index in [1.807, 2.05) is 19.2 Å². The average Bonchev–Trinajstić information content (AvgIpc) is 2.67. The summed E-state index contributed by atoms with van der Waals surface area (Å²) in [6.07, 6.45) is 3.96. The van der Waals surface area contributed by atoms with Gasteiger partial charge in [0.25, 0.3) is 0 Å². The van der Waals surface area contributed by atoms with Crippen molar-refractivity contribution in [1.29, 1.82) is 10.8 Å². The average molecular weight is 245 g/mol. The lowest BCUT2D eigenvalue weighted by atomic mass is 10.1. The molecule has 5 heteroatoms. The summed E-state index contributed by atoms with van der Waals surface area (Å²) in [5.74, 6) is 1.07. The fourth-order valence-electron chi connectivity index (χ4n) is 1.73. The number of aryl methyl sites for hydroxylation is 1. The van der Waals surface area contributed by atoms with E-state index in [-0.39, 0.29) is 0 Å². The molecule has 0 unspecified atom stereocenters. The molecule has 0 bridgehead atoms. The van der Waals surface area contributed by atoms with Crippen molar-refractivity contribution in [2.75, 3.05) is 5.73 Å². The molecule has 0 aliphatic rings. The second-order valence-electron chi connectivity index (χ2n) is 4.29. The van der Waals surface area contributed by atoms with Crippen molar-refractivity contribution >= 4 is 29.3 Å². The van der Waals surface area contributed by atoms with Crippen LogP contribution in [0.1, 0.15) is 25.3 Å². The molecule has 0 spiro atoms. The molecule has 2 aromatic heterocycles. The number of hydrogen-bond donors (Lipinski definition) is 3. The lowest BCUT2D eigenvalue weighted by molar-refractivity contribution is 0.856. The van der Waals surface area contributed by atoms with Crippen LogP contribution >= 0.6 is 0 Å². The Morgan fingerprint density at radius 1 is 1.28 bits per heavy atom. The van der Waals surface area contributed by atoms with Gasteiger partial charge in [0.15, 0.2) is 0 Å². The molecule has 0 aliphatic carbocycles. The number of fused-ring (bicyclic) bond motifs is 1. The molecule has 2 aromatic rings. The molecular weight excluding hydrogens is 226 g/mol. The Balaban J connectivity index is 0.000000357. The molecule has 2 rings (SSSR count). The van der Waals surface area contributed by atoms with Gasteiger partial charge in [0.1, 0.15) is 5.82 Å². The third-order valence-electron chi connectivity index (χ3n) is 2.59. The van der Waals surface area contributed by atoms with Crippen molar-refractivity contribution in [1.82, 2.24) is 9.55 Å². The number of pyridine rings is 1. The van der Waals surface area contributed by atoms with Crippen LogP contribution in [0.4, 0.5) is 5.82 Å². The molecule has 0 saturated heterocycles. The van der Waals surface area contributed by atoms with Crippen molar-refractivity contribution in [2.45, 2.75) is 19.8 Å². The fraction of sp³-hybridized carbons (Fsp3) is 0.308. The molecule has 0 saturated carbocycles. The zero-order valence-corrected chi connectivity index (χ0v) is 10.9. The zero-order valence-electron chi connectivity index (χ0n) is 10.9. The number of nitrogens with one attached hydrogen (secondary N) is 2. The first-order valence-electron chi connectivity index (χ1n) is 5.72. The van der Waals surface area contributed by atoms with E-state index >= 15 is 0 Å². The van der Waals surface area contributed by atoms with Crippen molar-refractivity contribution in [3.05, 3.63) is 23.9 Å². The van der Waals surface area contributed by atoms with E-state index in [1.165, 1.54) is 5.56 Å². The maximum atomic E-state index is 6.08. The van der Waals surface area contributed by atoms with Crippen LogP contribution in [0.15, 0.2) is 18.3 Å². The number of aromatic nitrogens is 2. The summed E-state index contributed by atoms with van der Waals surface area (Å²) in [7, 11) is 2.03. The van der Waals surface area contributed by atoms with Crippen LogP contribution in [0.5, 0.6) is 0 Å². The van der Waals surface area contributed by atoms with E-state index in [0.29, 0.717) is 11.7 Å². The quantitative estimate of drug-likeness (QED) is 0.709. The Bertz CT molecular complexity index is 548. The summed E-state index contributed by atoms with van der Waals surface area (Å²) in [6.45, 7) is 4.33. The van der Waals surface area contributed by atoms with Gasteiger partial charge in [0, 0.05) is 25.7 Å². The minimum atomic E-state index is 0.480. The predicted octanol–water partition coefficient (Wildman–Crippen LogP) is 2.56. The molecule has 0 radical (unpaired) electrons. The minimum Gasteiger partial charge on any atom is -0.384 e. The highest BCUT2D eigenvalue weighted by molar-refractivity contribution is 6.12. The van der Waals surface area contributed by atoms with Gasteiger partial charge in [0.05, 0.1) is 11.0 Å². The van der Waals surface area contributed by atoms with Crippen molar-refractivity contribution in [2.24, 2.45) is 7.05 Å². The number of anilines is 1. The monoisotopic (exact) mass is 245 g/mol. The van der Waals surface area contributed by atoms with E-state index in [0.717, 1.165) is 23.5 Å². The topological polar surface area (TPSA) is 91.5 Å². The summed E-state index contributed by atoms with van der Waals surface area (Å²) < 4.78 is 2.09. The number of nitrogens with two attached hydrogens (primary N) is 1. The second-order valence-corrected chi connectivity index (χ2v) is 4.29. The first-order valence-corrected chi connectivity index (χ1v) is 5.72. The van der Waals surface area contributed by atoms with Crippen LogP contribution in [0.25, 0.3) is 11.0 Å². The molecule has 0 amide bonds. The van der Waals surface area contributed by atoms with Crippen LogP contribution in [-0.4, -0.2) is 22.0 Å². The molecule has 5 nitrogen and oxygen atoms in total. The Hall–Kier alpha value is -2.17. The third-order valence-corrected chi connectivity index (χ3v) is 2.59. The summed E-state index contributed by atoms with van der Waals surface area (Å²) >= 11 is 0. The Morgan fingerprint density at radius 3 is 2.39 bits per heavy atom. The Morgan fingerprint density at radius 2 is 1.89 bits per heavy atom. The van der Waals surface area contributed by atoms with Gasteiger partial charge in [-0.1, -0.05) is 13.8 Å². The van der Waals surface area contributed by atoms with Gasteiger partial charge >= 0.3 is 0 Å². The van der Waals surface area contributed by atoms with Crippen molar-refractivity contribution in [3.63, 3.8) is 0 Å². The Labute approximate surface area is 107 Å². The molecule has 2 heterocycles. The van der Waals surface area contributed by atoms with Gasteiger partial charge in [-0.15, -0.1) is 0 Å². The second kappa shape index (κ2) is 5.95. The molecule has 0 aromatic carbocycles. The molecule has 0 atom stereocenters. The van der Waals surface area contributed by atoms with Gasteiger partial charge in [0.2, 0.25) is 0 Å². The molecule has 0 aliphatic heterocycles. The summed E-state index contributed by atoms with van der Waals surface area (Å²) in [6, 6.07) is 3.86. The summed E-state index contributed by atoms with van der Waals surface area (Å²) in [4.78, 5) is 4.37. The SMILES string of the molecule is CC(C)c1cn(C)c2ccc(N)nc12.N=CC=N. The lowest BCUT2D eigenvalue weighted by Gasteiger charge is -2.01. The van der Waals surface area contributed by atoms with Crippen LogP contribution in [0.3, 0.4) is 0 Å². The predicted molar refractivity (Wildman–Crippen MR) is 76.8 cm³/mol. The van der Waals surface area contributed by atoms with Crippen LogP contribution < -0.4 is 5.73 Å². The van der Waals surface area contributed by atoms with Gasteiger partial charge < -0.3 is 21.1 Å². The maximum Gasteiger partial charge on any atom is 0.124 e. The van der Waals surface area contributed by atoms with E-state index in [1.54, 1.807) is 0 Å². The first kappa shape index (κ1) is 13.9. The Kier molecular flexibility index (Phi) is 4.59. The van der Waals surface area contributed by atoms with Gasteiger partial charge in [-0.2, -0.15) is 0 Å². The van der Waals surface area contributed by atoms with E-state index in [2.05, 4.69) is 29.6 Å². The number of nitrogens with zero attached hydrogens (tertiary/aromatic N) is 2. The molecule has 0 fully saturated rings. The number of rotatable bonds is 2. The van der Waals surface area contributed by atoms with Crippen molar-refractivity contribution in [3.8, 4) is 0 Å². The maximum absolute atomic E-state index is 6.08. The minimum absolute atomic E-state index is 0.480. The van der Waals surface area contributed by atoms with Gasteiger partial charge in [-0.05, 0) is 23.6 Å². The van der Waals surface area contributed by atoms with E-state index in [9.17, 15) is 0 Å². The largest absolute Gasteiger partial charge is 0.384 e. The van der Waals surface area contributed by atoms with Crippen LogP contribution in [0, 0.1) is 10.8 Å². The highest BCUT2D eigenvalue weighted by Gasteiger charge is 2.10. The smallest absolute Gasteiger partial charge is 0.124 e. The molecule has 18 heavy (non-hydrogen) atoms. The molecule has 96 valence electrons. The van der Waals surface area contributed by atoms with E-state index < -0.39 is 0 Å². The number of hydrogen-bond acceptors (Lipinski definition) is 4.